The summed E-state index contributed by atoms with van der Waals surface area (Å²) in [7, 11) is 0. The molecule has 268 valence electrons. The lowest BCUT2D eigenvalue weighted by Crippen LogP contribution is -2.11. The summed E-state index contributed by atoms with van der Waals surface area (Å²) in [6.45, 7) is 1.51. The molecule has 0 N–H and O–H groups in total. The minimum atomic E-state index is -5.09. The zero-order chi connectivity index (χ0) is 38.7. The third-order valence-electron chi connectivity index (χ3n) is 8.87. The number of hydrogen-bond acceptors (Lipinski definition) is 4. The Bertz CT molecular complexity index is 2680. The van der Waals surface area contributed by atoms with Crippen LogP contribution in [0.2, 0.25) is 0 Å². The molecule has 0 bridgehead atoms. The minimum Gasteiger partial charge on any atom is -0.308 e. The largest absolute Gasteiger partial charge is 0.416 e. The van der Waals surface area contributed by atoms with E-state index in [0.29, 0.717) is 61.9 Å². The molecule has 2 heterocycles. The fourth-order valence-electron chi connectivity index (χ4n) is 6.41. The molecule has 5 aromatic carbocycles. The van der Waals surface area contributed by atoms with Gasteiger partial charge in [0.1, 0.15) is 12.1 Å². The van der Waals surface area contributed by atoms with Gasteiger partial charge in [-0.05, 0) is 107 Å². The number of fused-ring (bicyclic) bond motifs is 3. The summed E-state index contributed by atoms with van der Waals surface area (Å²) in [6, 6.07) is 22.7. The van der Waals surface area contributed by atoms with Gasteiger partial charge in [0.15, 0.2) is 0 Å². The Hall–Kier alpha value is -6.67. The van der Waals surface area contributed by atoms with Crippen molar-refractivity contribution < 1.29 is 39.5 Å². The van der Waals surface area contributed by atoms with Crippen molar-refractivity contribution in [3.63, 3.8) is 0 Å². The topological polar surface area (TPSA) is 78.3 Å². The van der Waals surface area contributed by atoms with E-state index in [-0.39, 0.29) is 34.1 Å². The maximum absolute atomic E-state index is 13.8. The third-order valence-corrected chi connectivity index (χ3v) is 8.87. The predicted molar refractivity (Wildman–Crippen MR) is 182 cm³/mol. The number of nitrogens with zero attached hydrogens (tertiary/aromatic N) is 5. The minimum absolute atomic E-state index is 0.00939. The Balaban J connectivity index is 1.49. The van der Waals surface area contributed by atoms with Crippen molar-refractivity contribution in [3.05, 3.63) is 137 Å². The van der Waals surface area contributed by atoms with E-state index >= 15 is 0 Å². The molecule has 0 saturated carbocycles. The van der Waals surface area contributed by atoms with Crippen LogP contribution in [0, 0.1) is 29.6 Å². The zero-order valence-corrected chi connectivity index (χ0v) is 27.5. The van der Waals surface area contributed by atoms with E-state index in [0.717, 1.165) is 12.1 Å². The van der Waals surface area contributed by atoms with Gasteiger partial charge in [-0.2, -0.15) is 50.0 Å². The summed E-state index contributed by atoms with van der Waals surface area (Å²) in [5, 5.41) is 20.1. The lowest BCUT2D eigenvalue weighted by atomic mass is 9.96. The van der Waals surface area contributed by atoms with Crippen molar-refractivity contribution in [3.8, 4) is 51.2 Å². The highest BCUT2D eigenvalue weighted by molar-refractivity contribution is 6.12. The fraction of sp³-hybridized carbons (Fsp3) is 0.100. The Kier molecular flexibility index (Phi) is 8.45. The highest BCUT2D eigenvalue weighted by atomic mass is 19.4. The third kappa shape index (κ3) is 6.58. The standard InChI is InChI=1S/C40H20F9N5/c1-21-8-25(11-29(9-21)38(41,42)43)23-3-6-35-32(14-23)33-15-24(26-12-30(39(44,45)46)16-31(13-26)40(47,48)49)4-7-36(33)54(35)34-5-2-22(10-27(34)17-50)28-19-52-37(18-51)53-20-28/h2-16,19-20H,1H3. The van der Waals surface area contributed by atoms with E-state index in [4.69, 9.17) is 5.26 Å². The molecule has 2 aromatic heterocycles. The molecule has 0 aliphatic rings. The van der Waals surface area contributed by atoms with E-state index in [1.54, 1.807) is 47.0 Å². The van der Waals surface area contributed by atoms with Crippen molar-refractivity contribution in [2.75, 3.05) is 0 Å². The van der Waals surface area contributed by atoms with E-state index in [1.165, 1.54) is 37.5 Å². The summed E-state index contributed by atoms with van der Waals surface area (Å²) >= 11 is 0. The molecule has 0 aliphatic carbocycles. The van der Waals surface area contributed by atoms with Crippen molar-refractivity contribution in [2.45, 2.75) is 25.5 Å². The molecule has 0 aliphatic heterocycles. The van der Waals surface area contributed by atoms with Crippen LogP contribution in [-0.2, 0) is 18.5 Å². The molecule has 0 unspecified atom stereocenters. The summed E-state index contributed by atoms with van der Waals surface area (Å²) in [5.74, 6) is -0.0556. The zero-order valence-electron chi connectivity index (χ0n) is 27.5. The van der Waals surface area contributed by atoms with Gasteiger partial charge in [0.2, 0.25) is 5.82 Å². The van der Waals surface area contributed by atoms with E-state index in [1.807, 2.05) is 6.07 Å². The molecule has 0 fully saturated rings. The second-order valence-corrected chi connectivity index (χ2v) is 12.4. The number of aromatic nitrogens is 3. The Labute approximate surface area is 299 Å². The first-order chi connectivity index (χ1) is 25.4. The molecule has 7 rings (SSSR count). The average Bonchev–Trinajstić information content (AvgIpc) is 3.46. The molecule has 0 amide bonds. The maximum Gasteiger partial charge on any atom is 0.416 e. The van der Waals surface area contributed by atoms with Gasteiger partial charge in [0.25, 0.3) is 0 Å². The van der Waals surface area contributed by atoms with Crippen LogP contribution in [0.1, 0.15) is 33.6 Å². The molecule has 5 nitrogen and oxygen atoms in total. The van der Waals surface area contributed by atoms with Crippen LogP contribution in [0.15, 0.2) is 103 Å². The summed E-state index contributed by atoms with van der Waals surface area (Å²) in [4.78, 5) is 7.93. The monoisotopic (exact) mass is 741 g/mol. The van der Waals surface area contributed by atoms with E-state index in [9.17, 15) is 44.8 Å². The van der Waals surface area contributed by atoms with Gasteiger partial charge in [-0.3, -0.25) is 0 Å². The first-order valence-electron chi connectivity index (χ1n) is 15.8. The summed E-state index contributed by atoms with van der Waals surface area (Å²) in [5.41, 5.74) is -0.912. The summed E-state index contributed by atoms with van der Waals surface area (Å²) < 4.78 is 126. The van der Waals surface area contributed by atoms with Gasteiger partial charge in [0.05, 0.1) is 39.0 Å². The van der Waals surface area contributed by atoms with Crippen molar-refractivity contribution in [2.24, 2.45) is 0 Å². The molecular weight excluding hydrogens is 721 g/mol. The van der Waals surface area contributed by atoms with E-state index < -0.39 is 35.2 Å². The first-order valence-corrected chi connectivity index (χ1v) is 15.8. The predicted octanol–water partition coefficient (Wildman–Crippen LogP) is 11.7. The number of halogens is 9. The highest BCUT2D eigenvalue weighted by Gasteiger charge is 2.37. The highest BCUT2D eigenvalue weighted by Crippen LogP contribution is 2.42. The Morgan fingerprint density at radius 2 is 0.963 bits per heavy atom. The van der Waals surface area contributed by atoms with Crippen LogP contribution in [0.5, 0.6) is 0 Å². The number of benzene rings is 5. The van der Waals surface area contributed by atoms with Gasteiger partial charge in [0, 0.05) is 28.7 Å². The second-order valence-electron chi connectivity index (χ2n) is 12.4. The lowest BCUT2D eigenvalue weighted by Gasteiger charge is -2.15. The molecule has 14 heteroatoms. The molecular formula is C40H20F9N5. The Morgan fingerprint density at radius 3 is 1.44 bits per heavy atom. The molecule has 54 heavy (non-hydrogen) atoms. The fourth-order valence-corrected chi connectivity index (χ4v) is 6.41. The van der Waals surface area contributed by atoms with Crippen LogP contribution in [0.25, 0.3) is 60.9 Å². The number of hydrogen-bond donors (Lipinski definition) is 0. The van der Waals surface area contributed by atoms with Gasteiger partial charge >= 0.3 is 18.5 Å². The van der Waals surface area contributed by atoms with Gasteiger partial charge < -0.3 is 4.57 Å². The SMILES string of the molecule is Cc1cc(-c2ccc3c(c2)c2cc(-c4cc(C(F)(F)F)cc(C(F)(F)F)c4)ccc2n3-c2ccc(-c3cnc(C#N)nc3)cc2C#N)cc(C(F)(F)F)c1. The van der Waals surface area contributed by atoms with Gasteiger partial charge in [-0.25, -0.2) is 9.97 Å². The molecule has 0 atom stereocenters. The number of aryl methyl sites for hydroxylation is 1. The second kappa shape index (κ2) is 12.8. The van der Waals surface area contributed by atoms with Crippen molar-refractivity contribution >= 4 is 21.8 Å². The number of alkyl halides is 9. The molecule has 0 radical (unpaired) electrons. The number of rotatable bonds is 4. The van der Waals surface area contributed by atoms with Crippen LogP contribution in [0.3, 0.4) is 0 Å². The Morgan fingerprint density at radius 1 is 0.500 bits per heavy atom. The molecule has 0 spiro atoms. The van der Waals surface area contributed by atoms with E-state index in [2.05, 4.69) is 16.0 Å². The van der Waals surface area contributed by atoms with Crippen LogP contribution in [-0.4, -0.2) is 14.5 Å². The van der Waals surface area contributed by atoms with Crippen LogP contribution >= 0.6 is 0 Å². The lowest BCUT2D eigenvalue weighted by molar-refractivity contribution is -0.143. The quantitative estimate of drug-likeness (QED) is 0.168. The molecule has 7 aromatic rings. The summed E-state index contributed by atoms with van der Waals surface area (Å²) in [6.07, 6.45) is -12.0. The average molecular weight is 742 g/mol. The molecule has 0 saturated heterocycles. The normalized spacial score (nSPS) is 12.2. The smallest absolute Gasteiger partial charge is 0.308 e. The van der Waals surface area contributed by atoms with Gasteiger partial charge in [-0.1, -0.05) is 24.3 Å². The van der Waals surface area contributed by atoms with Crippen molar-refractivity contribution in [1.29, 1.82) is 10.5 Å². The van der Waals surface area contributed by atoms with Crippen LogP contribution < -0.4 is 0 Å². The van der Waals surface area contributed by atoms with Gasteiger partial charge in [-0.15, -0.1) is 0 Å². The van der Waals surface area contributed by atoms with Crippen molar-refractivity contribution in [1.82, 2.24) is 14.5 Å². The first kappa shape index (κ1) is 35.7. The van der Waals surface area contributed by atoms with Crippen LogP contribution in [0.4, 0.5) is 39.5 Å². The maximum atomic E-state index is 13.8. The number of nitriles is 2.